The molecule has 5 heteroatoms. The van der Waals surface area contributed by atoms with E-state index in [9.17, 15) is 0 Å². The van der Waals surface area contributed by atoms with Crippen molar-refractivity contribution in [2.45, 2.75) is 19.8 Å². The largest absolute Gasteiger partial charge is 0.456 e. The number of benzene rings is 10. The molecule has 68 heavy (non-hydrogen) atoms. The zero-order chi connectivity index (χ0) is 44.9. The predicted octanol–water partition coefficient (Wildman–Crippen LogP) is 16.7. The second-order valence-corrected chi connectivity index (χ2v) is 18.1. The summed E-state index contributed by atoms with van der Waals surface area (Å²) in [5.41, 5.74) is 13.6. The van der Waals surface area contributed by atoms with Crippen molar-refractivity contribution < 1.29 is 4.42 Å². The second-order valence-electron chi connectivity index (χ2n) is 18.1. The SMILES string of the molecule is CC1=C(c2cc3oc4ccccc4c3cc2-n2c3cc4ccccc4cc3c3c4ccccc4ccc32)N=C(c2ccc(-c3ccccc3)cc2)N=C(n2c3ccccc3c3ccccc32)CC1. The first kappa shape index (κ1) is 38.5. The van der Waals surface area contributed by atoms with Gasteiger partial charge >= 0.3 is 0 Å². The summed E-state index contributed by atoms with van der Waals surface area (Å²) in [5, 5.41) is 11.9. The highest BCUT2D eigenvalue weighted by Gasteiger charge is 2.25. The molecule has 14 rings (SSSR count). The first-order chi connectivity index (χ1) is 33.6. The monoisotopic (exact) mass is 870 g/mol. The maximum Gasteiger partial charge on any atom is 0.161 e. The van der Waals surface area contributed by atoms with Gasteiger partial charge in [-0.05, 0) is 100 Å². The number of furan rings is 1. The summed E-state index contributed by atoms with van der Waals surface area (Å²) in [6, 6.07) is 76.3. The highest BCUT2D eigenvalue weighted by molar-refractivity contribution is 6.24. The molecule has 0 radical (unpaired) electrons. The zero-order valence-corrected chi connectivity index (χ0v) is 37.3. The molecule has 320 valence electrons. The number of allylic oxidation sites excluding steroid dienone is 1. The van der Waals surface area contributed by atoms with Gasteiger partial charge in [0.2, 0.25) is 0 Å². The minimum atomic E-state index is 0.658. The maximum atomic E-state index is 6.74. The van der Waals surface area contributed by atoms with Crippen LogP contribution in [0.25, 0.3) is 110 Å². The standard InChI is InChI=1S/C63H42N4O/c1-39-27-34-60(67-53-24-12-9-21-47(53)48-22-10-13-25-54(48)67)64-63(43-30-28-41(29-31-43)40-15-3-2-4-16-40)65-62(39)52-38-59-50(49-23-11-14-26-58(49)68-59)37-57(52)66-55-33-32-42-17-7-8-20-46(42)61(55)51-35-44-18-5-6-19-45(44)36-56(51)66/h2-26,28-33,35-38H,27,34H2,1H3. The van der Waals surface area contributed by atoms with Gasteiger partial charge in [-0.25, -0.2) is 9.98 Å². The van der Waals surface area contributed by atoms with Crippen molar-refractivity contribution in [3.05, 3.63) is 229 Å². The van der Waals surface area contributed by atoms with Crippen LogP contribution in [0.1, 0.15) is 30.9 Å². The molecular weight excluding hydrogens is 829 g/mol. The van der Waals surface area contributed by atoms with Gasteiger partial charge < -0.3 is 8.98 Å². The summed E-state index contributed by atoms with van der Waals surface area (Å²) in [6.07, 6.45) is 1.45. The lowest BCUT2D eigenvalue weighted by Gasteiger charge is -2.20. The van der Waals surface area contributed by atoms with Gasteiger partial charge in [-0.3, -0.25) is 4.57 Å². The van der Waals surface area contributed by atoms with Crippen LogP contribution in [0.5, 0.6) is 0 Å². The molecule has 0 N–H and O–H groups in total. The normalized spacial score (nSPS) is 13.7. The van der Waals surface area contributed by atoms with Gasteiger partial charge in [-0.1, -0.05) is 164 Å². The first-order valence-electron chi connectivity index (χ1n) is 23.4. The van der Waals surface area contributed by atoms with E-state index >= 15 is 0 Å². The fraction of sp³-hybridized carbons (Fsp3) is 0.0476. The Morgan fingerprint density at radius 1 is 0.397 bits per heavy atom. The summed E-state index contributed by atoms with van der Waals surface area (Å²) < 4.78 is 11.6. The molecule has 0 spiro atoms. The predicted molar refractivity (Wildman–Crippen MR) is 286 cm³/mol. The molecule has 10 aromatic carbocycles. The van der Waals surface area contributed by atoms with Crippen LogP contribution in [0.3, 0.4) is 0 Å². The molecule has 1 aliphatic heterocycles. The topological polar surface area (TPSA) is 47.7 Å². The summed E-state index contributed by atoms with van der Waals surface area (Å²) in [5.74, 6) is 1.62. The van der Waals surface area contributed by atoms with Crippen LogP contribution in [0.4, 0.5) is 0 Å². The molecule has 13 aromatic rings. The van der Waals surface area contributed by atoms with Crippen LogP contribution < -0.4 is 0 Å². The lowest BCUT2D eigenvalue weighted by Crippen LogP contribution is -2.17. The Morgan fingerprint density at radius 3 is 1.78 bits per heavy atom. The Morgan fingerprint density at radius 2 is 1.01 bits per heavy atom. The summed E-state index contributed by atoms with van der Waals surface area (Å²) in [6.45, 7) is 2.25. The molecular formula is C63H42N4O. The first-order valence-corrected chi connectivity index (χ1v) is 23.4. The van der Waals surface area contributed by atoms with E-state index in [4.69, 9.17) is 14.4 Å². The highest BCUT2D eigenvalue weighted by atomic mass is 16.3. The number of hydrogen-bond donors (Lipinski definition) is 0. The van der Waals surface area contributed by atoms with Crippen LogP contribution in [0, 0.1) is 0 Å². The quantitative estimate of drug-likeness (QED) is 0.174. The Hall–Kier alpha value is -8.80. The summed E-state index contributed by atoms with van der Waals surface area (Å²) >= 11 is 0. The van der Waals surface area contributed by atoms with Crippen LogP contribution in [-0.2, 0) is 0 Å². The molecule has 0 unspecified atom stereocenters. The van der Waals surface area contributed by atoms with E-state index in [2.05, 4.69) is 222 Å². The Labute approximate surface area is 391 Å². The molecule has 1 aliphatic rings. The molecule has 0 atom stereocenters. The number of aliphatic imine (C=N–C) groups is 2. The molecule has 5 nitrogen and oxygen atoms in total. The van der Waals surface area contributed by atoms with Crippen molar-refractivity contribution in [1.29, 1.82) is 0 Å². The molecule has 0 aliphatic carbocycles. The average molecular weight is 871 g/mol. The molecule has 0 bridgehead atoms. The minimum Gasteiger partial charge on any atom is -0.456 e. The van der Waals surface area contributed by atoms with E-state index in [0.29, 0.717) is 12.3 Å². The molecule has 0 saturated carbocycles. The van der Waals surface area contributed by atoms with Gasteiger partial charge in [0.1, 0.15) is 17.0 Å². The van der Waals surface area contributed by atoms with Crippen molar-refractivity contribution in [3.8, 4) is 16.8 Å². The van der Waals surface area contributed by atoms with E-state index in [1.807, 2.05) is 6.07 Å². The van der Waals surface area contributed by atoms with Gasteiger partial charge in [-0.15, -0.1) is 0 Å². The molecule has 4 heterocycles. The fourth-order valence-corrected chi connectivity index (χ4v) is 10.9. The van der Waals surface area contributed by atoms with Crippen molar-refractivity contribution in [2.75, 3.05) is 0 Å². The maximum absolute atomic E-state index is 6.74. The van der Waals surface area contributed by atoms with Crippen molar-refractivity contribution >= 4 is 104 Å². The lowest BCUT2D eigenvalue weighted by atomic mass is 9.98. The van der Waals surface area contributed by atoms with E-state index in [-0.39, 0.29) is 0 Å². The Kier molecular flexibility index (Phi) is 8.56. The van der Waals surface area contributed by atoms with E-state index in [1.54, 1.807) is 0 Å². The van der Waals surface area contributed by atoms with Crippen molar-refractivity contribution in [3.63, 3.8) is 0 Å². The van der Waals surface area contributed by atoms with E-state index in [0.717, 1.165) is 84.3 Å². The average Bonchev–Trinajstić information content (AvgIpc) is 4.04. The number of para-hydroxylation sites is 3. The summed E-state index contributed by atoms with van der Waals surface area (Å²) in [4.78, 5) is 11.5. The van der Waals surface area contributed by atoms with Crippen LogP contribution in [0.15, 0.2) is 232 Å². The number of hydrogen-bond acceptors (Lipinski definition) is 3. The number of amidine groups is 1. The number of nitrogens with zero attached hydrogens (tertiary/aromatic N) is 4. The second kappa shape index (κ2) is 15.1. The third-order valence-corrected chi connectivity index (χ3v) is 14.2. The van der Waals surface area contributed by atoms with Crippen molar-refractivity contribution in [2.24, 2.45) is 9.98 Å². The number of aromatic nitrogens is 2. The van der Waals surface area contributed by atoms with Gasteiger partial charge in [0.25, 0.3) is 0 Å². The number of fused-ring (bicyclic) bond motifs is 12. The van der Waals surface area contributed by atoms with Crippen LogP contribution in [0.2, 0.25) is 0 Å². The Bertz CT molecular complexity index is 4260. The van der Waals surface area contributed by atoms with Gasteiger partial charge in [0.15, 0.2) is 5.84 Å². The van der Waals surface area contributed by atoms with Crippen molar-refractivity contribution in [1.82, 2.24) is 9.13 Å². The van der Waals surface area contributed by atoms with Crippen LogP contribution in [-0.4, -0.2) is 20.8 Å². The smallest absolute Gasteiger partial charge is 0.161 e. The molecule has 0 saturated heterocycles. The molecule has 0 fully saturated rings. The molecule has 0 amide bonds. The third-order valence-electron chi connectivity index (χ3n) is 14.2. The highest BCUT2D eigenvalue weighted by Crippen LogP contribution is 2.44. The van der Waals surface area contributed by atoms with Gasteiger partial charge in [0, 0.05) is 49.9 Å². The van der Waals surface area contributed by atoms with Crippen LogP contribution >= 0.6 is 0 Å². The number of rotatable bonds is 4. The Balaban J connectivity index is 1.07. The summed E-state index contributed by atoms with van der Waals surface area (Å²) in [7, 11) is 0. The minimum absolute atomic E-state index is 0.658. The zero-order valence-electron chi connectivity index (χ0n) is 37.3. The van der Waals surface area contributed by atoms with E-state index in [1.165, 1.54) is 54.2 Å². The lowest BCUT2D eigenvalue weighted by molar-refractivity contribution is 0.668. The van der Waals surface area contributed by atoms with Gasteiger partial charge in [0.05, 0.1) is 33.5 Å². The van der Waals surface area contributed by atoms with E-state index < -0.39 is 0 Å². The van der Waals surface area contributed by atoms with Gasteiger partial charge in [-0.2, -0.15) is 0 Å². The molecule has 3 aromatic heterocycles. The third kappa shape index (κ3) is 5.95. The fourth-order valence-electron chi connectivity index (χ4n) is 10.9.